The van der Waals surface area contributed by atoms with E-state index in [1.807, 2.05) is 6.92 Å². The Bertz CT molecular complexity index is 360. The minimum atomic E-state index is -1.20. The molecule has 0 saturated heterocycles. The molecule has 0 spiro atoms. The van der Waals surface area contributed by atoms with Gasteiger partial charge in [-0.3, -0.25) is 4.21 Å². The van der Waals surface area contributed by atoms with Gasteiger partial charge < -0.3 is 10.4 Å². The largest absolute Gasteiger partial charge is 0.391 e. The van der Waals surface area contributed by atoms with Crippen molar-refractivity contribution < 1.29 is 9.32 Å². The van der Waals surface area contributed by atoms with Crippen molar-refractivity contribution >= 4 is 22.4 Å². The van der Waals surface area contributed by atoms with E-state index in [0.717, 1.165) is 6.54 Å². The van der Waals surface area contributed by atoms with Gasteiger partial charge in [0.2, 0.25) is 0 Å². The van der Waals surface area contributed by atoms with Crippen LogP contribution in [0.15, 0.2) is 29.2 Å². The van der Waals surface area contributed by atoms with Crippen LogP contribution in [0.1, 0.15) is 6.92 Å². The van der Waals surface area contributed by atoms with Crippen LogP contribution in [0.3, 0.4) is 0 Å². The highest BCUT2D eigenvalue weighted by molar-refractivity contribution is 7.85. The summed E-state index contributed by atoms with van der Waals surface area (Å²) in [4.78, 5) is 0.656. The molecule has 0 fully saturated rings. The Balaban J connectivity index is 2.52. The fourth-order valence-corrected chi connectivity index (χ4v) is 2.65. The lowest BCUT2D eigenvalue weighted by molar-refractivity contribution is 0.195. The standard InChI is InChI=1S/C11H16ClNO2S/c1-2-13-7-10(14)8-16(15)11-5-3-4-9(12)6-11/h3-6,10,13-14H,2,7-8H2,1H3. The first kappa shape index (κ1) is 13.6. The maximum atomic E-state index is 11.8. The Labute approximate surface area is 103 Å². The molecule has 2 atom stereocenters. The smallest absolute Gasteiger partial charge is 0.0783 e. The van der Waals surface area contributed by atoms with Crippen LogP contribution in [-0.4, -0.2) is 34.3 Å². The maximum absolute atomic E-state index is 11.8. The molecule has 5 heteroatoms. The van der Waals surface area contributed by atoms with Gasteiger partial charge in [-0.15, -0.1) is 0 Å². The Hall–Kier alpha value is -0.420. The average molecular weight is 262 g/mol. The second kappa shape index (κ2) is 7.01. The van der Waals surface area contributed by atoms with Gasteiger partial charge >= 0.3 is 0 Å². The Kier molecular flexibility index (Phi) is 5.98. The summed E-state index contributed by atoms with van der Waals surface area (Å²) in [6.45, 7) is 3.21. The van der Waals surface area contributed by atoms with Gasteiger partial charge in [0.1, 0.15) is 0 Å². The van der Waals surface area contributed by atoms with Crippen LogP contribution in [0.4, 0.5) is 0 Å². The highest BCUT2D eigenvalue weighted by atomic mass is 35.5. The Morgan fingerprint density at radius 2 is 2.31 bits per heavy atom. The van der Waals surface area contributed by atoms with Gasteiger partial charge in [-0.05, 0) is 24.7 Å². The summed E-state index contributed by atoms with van der Waals surface area (Å²) in [5, 5.41) is 13.2. The second-order valence-corrected chi connectivity index (χ2v) is 5.36. The number of nitrogens with one attached hydrogen (secondary N) is 1. The lowest BCUT2D eigenvalue weighted by Gasteiger charge is -2.10. The van der Waals surface area contributed by atoms with Crippen LogP contribution in [0.5, 0.6) is 0 Å². The summed E-state index contributed by atoms with van der Waals surface area (Å²) < 4.78 is 11.8. The quantitative estimate of drug-likeness (QED) is 0.814. The molecule has 0 aromatic heterocycles. The number of hydrogen-bond donors (Lipinski definition) is 2. The van der Waals surface area contributed by atoms with E-state index in [-0.39, 0.29) is 5.75 Å². The van der Waals surface area contributed by atoms with Crippen molar-refractivity contribution in [3.63, 3.8) is 0 Å². The number of halogens is 1. The van der Waals surface area contributed by atoms with Gasteiger partial charge in [0.05, 0.1) is 22.7 Å². The van der Waals surface area contributed by atoms with Gasteiger partial charge in [-0.2, -0.15) is 0 Å². The molecule has 90 valence electrons. The van der Waals surface area contributed by atoms with Crippen LogP contribution in [-0.2, 0) is 10.8 Å². The van der Waals surface area contributed by atoms with Crippen molar-refractivity contribution in [2.24, 2.45) is 0 Å². The van der Waals surface area contributed by atoms with E-state index in [0.29, 0.717) is 16.5 Å². The summed E-state index contributed by atoms with van der Waals surface area (Å²) in [6, 6.07) is 6.91. The third-order valence-corrected chi connectivity index (χ3v) is 3.74. The number of aliphatic hydroxyl groups is 1. The van der Waals surface area contributed by atoms with Crippen LogP contribution in [0.25, 0.3) is 0 Å². The first-order valence-electron chi connectivity index (χ1n) is 5.16. The van der Waals surface area contributed by atoms with Crippen molar-refractivity contribution in [2.75, 3.05) is 18.8 Å². The van der Waals surface area contributed by atoms with Gasteiger partial charge in [-0.1, -0.05) is 24.6 Å². The number of likely N-dealkylation sites (N-methyl/N-ethyl adjacent to an activating group) is 1. The van der Waals surface area contributed by atoms with E-state index < -0.39 is 16.9 Å². The van der Waals surface area contributed by atoms with Crippen molar-refractivity contribution in [1.82, 2.24) is 5.32 Å². The fourth-order valence-electron chi connectivity index (χ4n) is 1.25. The predicted molar refractivity (Wildman–Crippen MR) is 67.3 cm³/mol. The SMILES string of the molecule is CCNCC(O)CS(=O)c1cccc(Cl)c1. The molecule has 3 nitrogen and oxygen atoms in total. The molecule has 2 unspecified atom stereocenters. The minimum absolute atomic E-state index is 0.230. The predicted octanol–water partition coefficient (Wildman–Crippen LogP) is 1.42. The van der Waals surface area contributed by atoms with E-state index in [2.05, 4.69) is 5.32 Å². The van der Waals surface area contributed by atoms with Crippen LogP contribution >= 0.6 is 11.6 Å². The Morgan fingerprint density at radius 3 is 2.94 bits per heavy atom. The highest BCUT2D eigenvalue weighted by Gasteiger charge is 2.10. The Morgan fingerprint density at radius 1 is 1.56 bits per heavy atom. The molecule has 1 aromatic rings. The van der Waals surface area contributed by atoms with Crippen molar-refractivity contribution in [3.05, 3.63) is 29.3 Å². The first-order chi connectivity index (χ1) is 7.63. The molecular formula is C11H16ClNO2S. The van der Waals surface area contributed by atoms with Crippen LogP contribution < -0.4 is 5.32 Å². The fraction of sp³-hybridized carbons (Fsp3) is 0.455. The molecule has 16 heavy (non-hydrogen) atoms. The zero-order chi connectivity index (χ0) is 12.0. The molecule has 2 N–H and O–H groups in total. The first-order valence-corrected chi connectivity index (χ1v) is 6.86. The van der Waals surface area contributed by atoms with E-state index in [4.69, 9.17) is 11.6 Å². The average Bonchev–Trinajstić information content (AvgIpc) is 2.26. The normalized spacial score (nSPS) is 14.7. The van der Waals surface area contributed by atoms with E-state index in [1.54, 1.807) is 24.3 Å². The molecule has 0 radical (unpaired) electrons. The molecule has 0 aliphatic heterocycles. The molecule has 0 aliphatic rings. The molecule has 1 aromatic carbocycles. The number of aliphatic hydroxyl groups excluding tert-OH is 1. The molecule has 1 rings (SSSR count). The third kappa shape index (κ3) is 4.61. The van der Waals surface area contributed by atoms with Crippen molar-refractivity contribution in [2.45, 2.75) is 17.9 Å². The molecule has 0 aliphatic carbocycles. The monoisotopic (exact) mass is 261 g/mol. The van der Waals surface area contributed by atoms with E-state index in [9.17, 15) is 9.32 Å². The summed E-state index contributed by atoms with van der Waals surface area (Å²) in [5.74, 6) is 0.230. The number of benzene rings is 1. The molecule has 0 saturated carbocycles. The lowest BCUT2D eigenvalue weighted by Crippen LogP contribution is -2.30. The number of hydrogen-bond acceptors (Lipinski definition) is 3. The highest BCUT2D eigenvalue weighted by Crippen LogP contribution is 2.14. The molecular weight excluding hydrogens is 246 g/mol. The van der Waals surface area contributed by atoms with Crippen LogP contribution in [0.2, 0.25) is 5.02 Å². The zero-order valence-corrected chi connectivity index (χ0v) is 10.7. The maximum Gasteiger partial charge on any atom is 0.0783 e. The van der Waals surface area contributed by atoms with Gasteiger partial charge in [0.25, 0.3) is 0 Å². The molecule has 0 amide bonds. The molecule has 0 heterocycles. The topological polar surface area (TPSA) is 49.3 Å². The third-order valence-electron chi connectivity index (χ3n) is 2.03. The molecule has 0 bridgehead atoms. The second-order valence-electron chi connectivity index (χ2n) is 3.43. The zero-order valence-electron chi connectivity index (χ0n) is 9.15. The van der Waals surface area contributed by atoms with E-state index >= 15 is 0 Å². The summed E-state index contributed by atoms with van der Waals surface area (Å²) in [6.07, 6.45) is -0.597. The van der Waals surface area contributed by atoms with E-state index in [1.165, 1.54) is 0 Å². The summed E-state index contributed by atoms with van der Waals surface area (Å²) in [5.41, 5.74) is 0. The minimum Gasteiger partial charge on any atom is -0.391 e. The van der Waals surface area contributed by atoms with Gasteiger partial charge in [0.15, 0.2) is 0 Å². The number of rotatable bonds is 6. The van der Waals surface area contributed by atoms with Gasteiger partial charge in [0, 0.05) is 16.5 Å². The summed E-state index contributed by atoms with van der Waals surface area (Å²) >= 11 is 5.80. The lowest BCUT2D eigenvalue weighted by atomic mass is 10.4. The van der Waals surface area contributed by atoms with Crippen LogP contribution in [0, 0.1) is 0 Å². The van der Waals surface area contributed by atoms with Gasteiger partial charge in [-0.25, -0.2) is 0 Å². The van der Waals surface area contributed by atoms with Crippen molar-refractivity contribution in [1.29, 1.82) is 0 Å². The summed E-state index contributed by atoms with van der Waals surface area (Å²) in [7, 11) is -1.20. The van der Waals surface area contributed by atoms with Crippen molar-refractivity contribution in [3.8, 4) is 0 Å².